The zero-order chi connectivity index (χ0) is 36.6. The Kier molecular flexibility index (Phi) is 8.53. The molecular weight excluding hydrogens is 659 g/mol. The minimum atomic E-state index is 0.750. The van der Waals surface area contributed by atoms with E-state index in [2.05, 4.69) is 141 Å². The van der Waals surface area contributed by atoms with Crippen LogP contribution < -0.4 is 14.4 Å². The lowest BCUT2D eigenvalue weighted by molar-refractivity contribution is 0.470. The number of benzene rings is 7. The number of anilines is 3. The first-order valence-electron chi connectivity index (χ1n) is 18.5. The van der Waals surface area contributed by atoms with Crippen molar-refractivity contribution in [2.75, 3.05) is 4.90 Å². The molecule has 0 bridgehead atoms. The molecule has 0 heterocycles. The molecule has 2 aliphatic rings. The SMILES string of the molecule is C=C1/C=C\C=C(\C)C/C(=C\C)c2c(Oc3ccccc3)c3c(c(Oc4ccccc4)c21)-c1cccc2c(N(c4ccccc4)c4ccccc4)ccc-3c12. The summed E-state index contributed by atoms with van der Waals surface area (Å²) in [4.78, 5) is 2.34. The number of rotatable bonds is 7. The summed E-state index contributed by atoms with van der Waals surface area (Å²) in [6.07, 6.45) is 9.33. The van der Waals surface area contributed by atoms with E-state index in [1.165, 1.54) is 5.57 Å². The van der Waals surface area contributed by atoms with Crippen molar-refractivity contribution < 1.29 is 9.47 Å². The topological polar surface area (TPSA) is 21.7 Å². The van der Waals surface area contributed by atoms with Crippen molar-refractivity contribution in [1.82, 2.24) is 0 Å². The highest BCUT2D eigenvalue weighted by Gasteiger charge is 2.36. The van der Waals surface area contributed by atoms with Crippen LogP contribution in [0.1, 0.15) is 31.4 Å². The maximum Gasteiger partial charge on any atom is 0.144 e. The van der Waals surface area contributed by atoms with Gasteiger partial charge in [0.2, 0.25) is 0 Å². The lowest BCUT2D eigenvalue weighted by Gasteiger charge is -2.27. The molecule has 0 aliphatic heterocycles. The van der Waals surface area contributed by atoms with Gasteiger partial charge in [-0.1, -0.05) is 134 Å². The van der Waals surface area contributed by atoms with Gasteiger partial charge in [0.05, 0.1) is 5.69 Å². The van der Waals surface area contributed by atoms with Gasteiger partial charge >= 0.3 is 0 Å². The normalized spacial score (nSPS) is 15.3. The van der Waals surface area contributed by atoms with Crippen LogP contribution in [0.2, 0.25) is 0 Å². The van der Waals surface area contributed by atoms with Gasteiger partial charge < -0.3 is 14.4 Å². The summed E-state index contributed by atoms with van der Waals surface area (Å²) in [5.41, 5.74) is 12.7. The number of allylic oxidation sites excluding steroid dienone is 7. The zero-order valence-electron chi connectivity index (χ0n) is 30.4. The van der Waals surface area contributed by atoms with E-state index in [9.17, 15) is 0 Å². The third kappa shape index (κ3) is 5.71. The summed E-state index contributed by atoms with van der Waals surface area (Å²) in [7, 11) is 0. The van der Waals surface area contributed by atoms with Crippen LogP contribution in [0.5, 0.6) is 23.0 Å². The second-order valence-corrected chi connectivity index (χ2v) is 13.7. The Morgan fingerprint density at radius 1 is 0.574 bits per heavy atom. The number of ether oxygens (including phenoxy) is 2. The van der Waals surface area contributed by atoms with Crippen molar-refractivity contribution in [2.45, 2.75) is 20.3 Å². The number of para-hydroxylation sites is 4. The maximum atomic E-state index is 7.16. The fraction of sp³-hybridized carbons (Fsp3) is 0.0588. The first-order valence-corrected chi connectivity index (χ1v) is 18.5. The standard InChI is InChI=1S/C51H39NO2/c1-4-36-33-34(2)19-17-20-35(3)45-46(36)51(54-40-27-15-8-16-28-40)49-43-31-32-44(52(37-21-9-5-10-22-37)38-23-11-6-12-24-38)41-29-18-30-42(47(41)43)48(49)50(45)53-39-25-13-7-14-26-39/h4-32H,3,33H2,1-2H3/b20-17-,34-19-,36-4+. The predicted molar refractivity (Wildman–Crippen MR) is 226 cm³/mol. The van der Waals surface area contributed by atoms with Gasteiger partial charge in [0.15, 0.2) is 0 Å². The molecule has 54 heavy (non-hydrogen) atoms. The van der Waals surface area contributed by atoms with E-state index >= 15 is 0 Å². The fourth-order valence-corrected chi connectivity index (χ4v) is 7.94. The average molecular weight is 698 g/mol. The fourth-order valence-electron chi connectivity index (χ4n) is 7.94. The molecule has 0 saturated heterocycles. The van der Waals surface area contributed by atoms with Gasteiger partial charge in [-0.3, -0.25) is 0 Å². The highest BCUT2D eigenvalue weighted by atomic mass is 16.5. The third-order valence-corrected chi connectivity index (χ3v) is 10.3. The Hall–Kier alpha value is -6.84. The Balaban J connectivity index is 1.41. The van der Waals surface area contributed by atoms with Crippen LogP contribution in [0.25, 0.3) is 44.2 Å². The van der Waals surface area contributed by atoms with Crippen LogP contribution >= 0.6 is 0 Å². The number of hydrogen-bond acceptors (Lipinski definition) is 3. The van der Waals surface area contributed by atoms with Gasteiger partial charge in [-0.25, -0.2) is 0 Å². The Morgan fingerprint density at radius 3 is 1.69 bits per heavy atom. The van der Waals surface area contributed by atoms with Crippen molar-refractivity contribution in [3.8, 4) is 45.3 Å². The number of hydrogen-bond donors (Lipinski definition) is 0. The van der Waals surface area contributed by atoms with Gasteiger partial charge in [0.25, 0.3) is 0 Å². The molecule has 0 spiro atoms. The lowest BCUT2D eigenvalue weighted by atomic mass is 9.85. The molecule has 7 aromatic carbocycles. The molecule has 9 rings (SSSR count). The lowest BCUT2D eigenvalue weighted by Crippen LogP contribution is -2.10. The van der Waals surface area contributed by atoms with E-state index < -0.39 is 0 Å². The molecule has 3 nitrogen and oxygen atoms in total. The monoisotopic (exact) mass is 697 g/mol. The van der Waals surface area contributed by atoms with Crippen LogP contribution in [-0.4, -0.2) is 0 Å². The maximum absolute atomic E-state index is 7.16. The van der Waals surface area contributed by atoms with E-state index in [4.69, 9.17) is 9.47 Å². The molecule has 0 radical (unpaired) electrons. The van der Waals surface area contributed by atoms with Crippen molar-refractivity contribution in [1.29, 1.82) is 0 Å². The first kappa shape index (κ1) is 33.0. The number of nitrogens with zero attached hydrogens (tertiary/aromatic N) is 1. The summed E-state index contributed by atoms with van der Waals surface area (Å²) < 4.78 is 14.3. The third-order valence-electron chi connectivity index (χ3n) is 10.3. The molecule has 0 amide bonds. The van der Waals surface area contributed by atoms with E-state index in [1.54, 1.807) is 0 Å². The smallest absolute Gasteiger partial charge is 0.144 e. The summed E-state index contributed by atoms with van der Waals surface area (Å²) in [5, 5.41) is 2.30. The minimum absolute atomic E-state index is 0.750. The Bertz CT molecular complexity index is 2600. The van der Waals surface area contributed by atoms with Crippen LogP contribution in [0, 0.1) is 0 Å². The molecule has 0 aromatic heterocycles. The molecule has 0 atom stereocenters. The van der Waals surface area contributed by atoms with E-state index in [0.29, 0.717) is 0 Å². The second kappa shape index (κ2) is 13.9. The van der Waals surface area contributed by atoms with Crippen molar-refractivity contribution in [2.24, 2.45) is 0 Å². The van der Waals surface area contributed by atoms with Gasteiger partial charge in [-0.2, -0.15) is 0 Å². The van der Waals surface area contributed by atoms with Gasteiger partial charge in [-0.05, 0) is 103 Å². The van der Waals surface area contributed by atoms with Crippen LogP contribution in [0.3, 0.4) is 0 Å². The van der Waals surface area contributed by atoms with Crippen molar-refractivity contribution >= 4 is 39.0 Å². The quantitative estimate of drug-likeness (QED) is 0.165. The highest BCUT2D eigenvalue weighted by molar-refractivity contribution is 6.22. The molecule has 2 aliphatic carbocycles. The van der Waals surface area contributed by atoms with E-state index in [1.807, 2.05) is 60.7 Å². The molecule has 3 heteroatoms. The highest BCUT2D eigenvalue weighted by Crippen LogP contribution is 2.62. The zero-order valence-corrected chi connectivity index (χ0v) is 30.4. The van der Waals surface area contributed by atoms with Crippen LogP contribution in [0.15, 0.2) is 188 Å². The molecule has 260 valence electrons. The van der Waals surface area contributed by atoms with E-state index in [0.717, 1.165) is 102 Å². The molecule has 7 aromatic rings. The minimum Gasteiger partial charge on any atom is -0.456 e. The number of fused-ring (bicyclic) bond motifs is 4. The Morgan fingerprint density at radius 2 is 1.11 bits per heavy atom. The van der Waals surface area contributed by atoms with Gasteiger partial charge in [0, 0.05) is 39.0 Å². The molecular formula is C51H39NO2. The second-order valence-electron chi connectivity index (χ2n) is 13.7. The largest absolute Gasteiger partial charge is 0.456 e. The average Bonchev–Trinajstić information content (AvgIpc) is 3.58. The van der Waals surface area contributed by atoms with Crippen molar-refractivity contribution in [3.05, 3.63) is 199 Å². The molecule has 0 N–H and O–H groups in total. The summed E-state index contributed by atoms with van der Waals surface area (Å²) in [6.45, 7) is 8.98. The Labute approximate surface area is 317 Å². The van der Waals surface area contributed by atoms with Gasteiger partial charge in [0.1, 0.15) is 23.0 Å². The van der Waals surface area contributed by atoms with Gasteiger partial charge in [-0.15, -0.1) is 0 Å². The van der Waals surface area contributed by atoms with Crippen LogP contribution in [-0.2, 0) is 0 Å². The summed E-state index contributed by atoms with van der Waals surface area (Å²) in [6, 6.07) is 52.5. The van der Waals surface area contributed by atoms with Crippen LogP contribution in [0.4, 0.5) is 17.1 Å². The predicted octanol–water partition coefficient (Wildman–Crippen LogP) is 14.9. The molecule has 0 unspecified atom stereocenters. The molecule has 0 fully saturated rings. The summed E-state index contributed by atoms with van der Waals surface area (Å²) in [5.74, 6) is 3.10. The van der Waals surface area contributed by atoms with Crippen molar-refractivity contribution in [3.63, 3.8) is 0 Å². The molecule has 0 saturated carbocycles. The summed E-state index contributed by atoms with van der Waals surface area (Å²) >= 11 is 0. The first-order chi connectivity index (χ1) is 26.6. The van der Waals surface area contributed by atoms with E-state index in [-0.39, 0.29) is 0 Å².